The zero-order valence-electron chi connectivity index (χ0n) is 9.00. The molecule has 0 aliphatic heterocycles. The van der Waals surface area contributed by atoms with Crippen molar-refractivity contribution in [1.82, 2.24) is 9.55 Å². The molecular weight excluding hydrogens is 200 g/mol. The molecule has 0 unspecified atom stereocenters. The monoisotopic (exact) mass is 212 g/mol. The van der Waals surface area contributed by atoms with Crippen molar-refractivity contribution in [3.8, 4) is 0 Å². The van der Waals surface area contributed by atoms with Crippen LogP contribution in [0.1, 0.15) is 11.3 Å². The second-order valence-electron chi connectivity index (χ2n) is 3.51. The third-order valence-corrected chi connectivity index (χ3v) is 2.39. The third kappa shape index (κ3) is 2.08. The van der Waals surface area contributed by atoms with Gasteiger partial charge in [-0.2, -0.15) is 0 Å². The summed E-state index contributed by atoms with van der Waals surface area (Å²) in [5, 5.41) is 0. The first-order chi connectivity index (χ1) is 7.81. The van der Waals surface area contributed by atoms with Gasteiger partial charge in [-0.05, 0) is 11.6 Å². The smallest absolute Gasteiger partial charge is 0.150 e. The van der Waals surface area contributed by atoms with Crippen molar-refractivity contribution in [2.75, 3.05) is 0 Å². The molecule has 80 valence electrons. The van der Waals surface area contributed by atoms with E-state index in [0.29, 0.717) is 5.57 Å². The highest BCUT2D eigenvalue weighted by molar-refractivity contribution is 6.13. The first kappa shape index (κ1) is 10.4. The van der Waals surface area contributed by atoms with Crippen molar-refractivity contribution >= 4 is 17.9 Å². The summed E-state index contributed by atoms with van der Waals surface area (Å²) in [4.78, 5) is 15.1. The van der Waals surface area contributed by atoms with Crippen molar-refractivity contribution in [2.45, 2.75) is 0 Å². The molecule has 1 aromatic carbocycles. The Morgan fingerprint density at radius 2 is 2.06 bits per heavy atom. The number of hydrogen-bond acceptors (Lipinski definition) is 2. The molecule has 1 aromatic heterocycles. The van der Waals surface area contributed by atoms with Gasteiger partial charge in [0.15, 0.2) is 6.29 Å². The lowest BCUT2D eigenvalue weighted by atomic mass is 10.1. The van der Waals surface area contributed by atoms with Gasteiger partial charge in [0.25, 0.3) is 0 Å². The Labute approximate surface area is 94.1 Å². The molecule has 3 nitrogen and oxygen atoms in total. The number of carbonyl (C=O) groups excluding carboxylic acids is 1. The quantitative estimate of drug-likeness (QED) is 0.577. The number of allylic oxidation sites excluding steroid dienone is 1. The summed E-state index contributed by atoms with van der Waals surface area (Å²) in [7, 11) is 1.90. The second kappa shape index (κ2) is 4.57. The first-order valence-electron chi connectivity index (χ1n) is 5.00. The van der Waals surface area contributed by atoms with Crippen molar-refractivity contribution in [3.05, 3.63) is 54.1 Å². The van der Waals surface area contributed by atoms with Gasteiger partial charge in [-0.25, -0.2) is 4.98 Å². The molecule has 0 saturated heterocycles. The fraction of sp³-hybridized carbons (Fsp3) is 0.0769. The van der Waals surface area contributed by atoms with Gasteiger partial charge in [-0.3, -0.25) is 4.79 Å². The highest BCUT2D eigenvalue weighted by Gasteiger charge is 2.01. The molecule has 2 aromatic rings. The molecule has 0 fully saturated rings. The van der Waals surface area contributed by atoms with Crippen LogP contribution in [0.2, 0.25) is 0 Å². The van der Waals surface area contributed by atoms with Gasteiger partial charge in [-0.15, -0.1) is 0 Å². The number of aldehydes is 1. The van der Waals surface area contributed by atoms with Crippen LogP contribution in [0.25, 0.3) is 11.6 Å². The van der Waals surface area contributed by atoms with Crippen LogP contribution in [0.3, 0.4) is 0 Å². The van der Waals surface area contributed by atoms with Crippen LogP contribution < -0.4 is 0 Å². The van der Waals surface area contributed by atoms with E-state index in [9.17, 15) is 4.79 Å². The lowest BCUT2D eigenvalue weighted by Crippen LogP contribution is -1.91. The minimum absolute atomic E-state index is 0.657. The van der Waals surface area contributed by atoms with E-state index in [1.807, 2.05) is 48.0 Å². The van der Waals surface area contributed by atoms with Gasteiger partial charge in [0.05, 0.1) is 18.2 Å². The summed E-state index contributed by atoms with van der Waals surface area (Å²) in [5.74, 6) is 0. The fourth-order valence-corrected chi connectivity index (χ4v) is 1.48. The second-order valence-corrected chi connectivity index (χ2v) is 3.51. The van der Waals surface area contributed by atoms with Crippen molar-refractivity contribution in [1.29, 1.82) is 0 Å². The van der Waals surface area contributed by atoms with Gasteiger partial charge < -0.3 is 4.57 Å². The fourth-order valence-electron chi connectivity index (χ4n) is 1.48. The topological polar surface area (TPSA) is 34.9 Å². The van der Waals surface area contributed by atoms with E-state index in [4.69, 9.17) is 0 Å². The number of rotatable bonds is 3. The lowest BCUT2D eigenvalue weighted by Gasteiger charge is -2.00. The number of aromatic nitrogens is 2. The molecule has 0 aliphatic carbocycles. The Balaban J connectivity index is 2.41. The van der Waals surface area contributed by atoms with E-state index < -0.39 is 0 Å². The predicted octanol–water partition coefficient (Wildman–Crippen LogP) is 2.16. The van der Waals surface area contributed by atoms with E-state index in [-0.39, 0.29) is 0 Å². The SMILES string of the molecule is Cn1cncc1/C=C(\C=O)c1ccccc1. The average Bonchev–Trinajstić information content (AvgIpc) is 2.73. The maximum atomic E-state index is 11.0. The van der Waals surface area contributed by atoms with Crippen molar-refractivity contribution in [3.63, 3.8) is 0 Å². The Hall–Kier alpha value is -2.16. The van der Waals surface area contributed by atoms with E-state index in [1.165, 1.54) is 0 Å². The van der Waals surface area contributed by atoms with Crippen LogP contribution in [-0.4, -0.2) is 15.8 Å². The Morgan fingerprint density at radius 3 is 2.62 bits per heavy atom. The molecule has 0 spiro atoms. The van der Waals surface area contributed by atoms with Gasteiger partial charge >= 0.3 is 0 Å². The molecule has 1 heterocycles. The molecule has 0 radical (unpaired) electrons. The van der Waals surface area contributed by atoms with Crippen LogP contribution in [-0.2, 0) is 11.8 Å². The first-order valence-corrected chi connectivity index (χ1v) is 5.00. The largest absolute Gasteiger partial charge is 0.334 e. The van der Waals surface area contributed by atoms with Gasteiger partial charge in [-0.1, -0.05) is 30.3 Å². The predicted molar refractivity (Wildman–Crippen MR) is 63.6 cm³/mol. The number of nitrogens with zero attached hydrogens (tertiary/aromatic N) is 2. The zero-order chi connectivity index (χ0) is 11.4. The molecule has 16 heavy (non-hydrogen) atoms. The summed E-state index contributed by atoms with van der Waals surface area (Å²) in [6.07, 6.45) is 6.13. The van der Waals surface area contributed by atoms with Crippen LogP contribution in [0.4, 0.5) is 0 Å². The number of benzene rings is 1. The van der Waals surface area contributed by atoms with E-state index >= 15 is 0 Å². The van der Waals surface area contributed by atoms with Gasteiger partial charge in [0, 0.05) is 12.6 Å². The van der Waals surface area contributed by atoms with Gasteiger partial charge in [0.2, 0.25) is 0 Å². The molecule has 2 rings (SSSR count). The standard InChI is InChI=1S/C13H12N2O/c1-15-10-14-8-13(15)7-12(9-16)11-5-3-2-4-6-11/h2-10H,1H3/b12-7+. The minimum Gasteiger partial charge on any atom is -0.334 e. The maximum Gasteiger partial charge on any atom is 0.150 e. The summed E-state index contributed by atoms with van der Waals surface area (Å²) >= 11 is 0. The minimum atomic E-state index is 0.657. The van der Waals surface area contributed by atoms with E-state index in [2.05, 4.69) is 4.98 Å². The molecule has 0 atom stereocenters. The van der Waals surface area contributed by atoms with Gasteiger partial charge in [0.1, 0.15) is 0 Å². The third-order valence-electron chi connectivity index (χ3n) is 2.39. The van der Waals surface area contributed by atoms with E-state index in [0.717, 1.165) is 17.5 Å². The highest BCUT2D eigenvalue weighted by Crippen LogP contribution is 2.15. The van der Waals surface area contributed by atoms with Crippen LogP contribution >= 0.6 is 0 Å². The summed E-state index contributed by atoms with van der Waals surface area (Å²) in [6, 6.07) is 9.58. The molecule has 3 heteroatoms. The Bertz CT molecular complexity index is 512. The maximum absolute atomic E-state index is 11.0. The summed E-state index contributed by atoms with van der Waals surface area (Å²) in [6.45, 7) is 0. The number of aryl methyl sites for hydroxylation is 1. The van der Waals surface area contributed by atoms with Crippen LogP contribution in [0.15, 0.2) is 42.9 Å². The molecule has 0 amide bonds. The van der Waals surface area contributed by atoms with E-state index in [1.54, 1.807) is 12.5 Å². The molecular formula is C13H12N2O. The Morgan fingerprint density at radius 1 is 1.31 bits per heavy atom. The molecule has 0 N–H and O–H groups in total. The number of hydrogen-bond donors (Lipinski definition) is 0. The number of carbonyl (C=O) groups is 1. The van der Waals surface area contributed by atoms with Crippen molar-refractivity contribution < 1.29 is 4.79 Å². The average molecular weight is 212 g/mol. The summed E-state index contributed by atoms with van der Waals surface area (Å²) < 4.78 is 1.87. The zero-order valence-corrected chi connectivity index (χ0v) is 9.00. The molecule has 0 bridgehead atoms. The highest BCUT2D eigenvalue weighted by atomic mass is 16.1. The molecule has 0 aliphatic rings. The normalized spacial score (nSPS) is 11.4. The van der Waals surface area contributed by atoms with Crippen LogP contribution in [0, 0.1) is 0 Å². The Kier molecular flexibility index (Phi) is 2.96. The van der Waals surface area contributed by atoms with Crippen molar-refractivity contribution in [2.24, 2.45) is 7.05 Å². The molecule has 0 saturated carbocycles. The van der Waals surface area contributed by atoms with Crippen LogP contribution in [0.5, 0.6) is 0 Å². The lowest BCUT2D eigenvalue weighted by molar-refractivity contribution is -0.103. The summed E-state index contributed by atoms with van der Waals surface area (Å²) in [5.41, 5.74) is 2.48. The number of imidazole rings is 1.